The number of rotatable bonds is 6. The summed E-state index contributed by atoms with van der Waals surface area (Å²) < 4.78 is 15.2. The minimum absolute atomic E-state index is 0.219. The lowest BCUT2D eigenvalue weighted by molar-refractivity contribution is 0.0267. The molecule has 0 fully saturated rings. The van der Waals surface area contributed by atoms with Gasteiger partial charge in [0.15, 0.2) is 0 Å². The van der Waals surface area contributed by atoms with Crippen LogP contribution in [0, 0.1) is 0 Å². The molecule has 0 spiro atoms. The lowest BCUT2D eigenvalue weighted by atomic mass is 10.1. The maximum atomic E-state index is 11.9. The molecule has 0 saturated carbocycles. The van der Waals surface area contributed by atoms with Gasteiger partial charge in [0, 0.05) is 25.8 Å². The third kappa shape index (κ3) is 3.92. The maximum Gasteiger partial charge on any atom is 0.340 e. The van der Waals surface area contributed by atoms with E-state index in [0.29, 0.717) is 30.0 Å². The number of nitrogen functional groups attached to an aromatic ring is 1. The van der Waals surface area contributed by atoms with Gasteiger partial charge in [-0.25, -0.2) is 4.79 Å². The van der Waals surface area contributed by atoms with Crippen LogP contribution in [0.3, 0.4) is 0 Å². The molecule has 1 aromatic rings. The van der Waals surface area contributed by atoms with Crippen molar-refractivity contribution >= 4 is 11.7 Å². The highest BCUT2D eigenvalue weighted by Gasteiger charge is 2.15. The number of carbonyl (C=O) groups is 1. The van der Waals surface area contributed by atoms with E-state index in [9.17, 15) is 4.79 Å². The highest BCUT2D eigenvalue weighted by Crippen LogP contribution is 2.21. The van der Waals surface area contributed by atoms with Crippen LogP contribution in [0.25, 0.3) is 0 Å². The van der Waals surface area contributed by atoms with Crippen LogP contribution in [0.1, 0.15) is 23.7 Å². The normalized spacial score (nSPS) is 11.9. The Bertz CT molecular complexity index is 406. The largest absolute Gasteiger partial charge is 0.497 e. The summed E-state index contributed by atoms with van der Waals surface area (Å²) in [6.45, 7) is 2.36. The molecule has 1 unspecified atom stereocenters. The summed E-state index contributed by atoms with van der Waals surface area (Å²) in [4.78, 5) is 11.9. The molecule has 0 bridgehead atoms. The molecular weight excluding hydrogens is 234 g/mol. The second kappa shape index (κ2) is 6.86. The van der Waals surface area contributed by atoms with Gasteiger partial charge in [-0.15, -0.1) is 0 Å². The zero-order valence-electron chi connectivity index (χ0n) is 10.9. The minimum Gasteiger partial charge on any atom is -0.497 e. The fraction of sp³-hybridized carbons (Fsp3) is 0.462. The predicted octanol–water partition coefficient (Wildman–Crippen LogP) is 1.86. The predicted molar refractivity (Wildman–Crippen MR) is 68.8 cm³/mol. The van der Waals surface area contributed by atoms with E-state index < -0.39 is 5.97 Å². The van der Waals surface area contributed by atoms with Crippen LogP contribution in [0.2, 0.25) is 0 Å². The Balaban J connectivity index is 2.71. The topological polar surface area (TPSA) is 70.8 Å². The highest BCUT2D eigenvalue weighted by molar-refractivity contribution is 5.95. The summed E-state index contributed by atoms with van der Waals surface area (Å²) in [5.41, 5.74) is 6.43. The van der Waals surface area contributed by atoms with Gasteiger partial charge in [0.05, 0.1) is 12.7 Å². The van der Waals surface area contributed by atoms with Gasteiger partial charge >= 0.3 is 5.97 Å². The summed E-state index contributed by atoms with van der Waals surface area (Å²) in [6, 6.07) is 4.89. The molecule has 1 rings (SSSR count). The van der Waals surface area contributed by atoms with Crippen molar-refractivity contribution in [1.29, 1.82) is 0 Å². The van der Waals surface area contributed by atoms with Crippen LogP contribution in [0.5, 0.6) is 5.75 Å². The van der Waals surface area contributed by atoms with Crippen LogP contribution in [-0.2, 0) is 9.47 Å². The molecule has 2 N–H and O–H groups in total. The first-order valence-corrected chi connectivity index (χ1v) is 5.72. The van der Waals surface area contributed by atoms with Gasteiger partial charge < -0.3 is 19.9 Å². The Labute approximate surface area is 107 Å². The van der Waals surface area contributed by atoms with Crippen LogP contribution in [0.4, 0.5) is 5.69 Å². The van der Waals surface area contributed by atoms with E-state index in [0.717, 1.165) is 0 Å². The van der Waals surface area contributed by atoms with Crippen LogP contribution < -0.4 is 10.5 Å². The van der Waals surface area contributed by atoms with E-state index in [1.165, 1.54) is 7.11 Å². The Kier molecular flexibility index (Phi) is 5.45. The molecule has 1 atom stereocenters. The second-order valence-electron chi connectivity index (χ2n) is 3.95. The van der Waals surface area contributed by atoms with Gasteiger partial charge in [-0.05, 0) is 25.1 Å². The third-order valence-electron chi connectivity index (χ3n) is 2.52. The van der Waals surface area contributed by atoms with Crippen molar-refractivity contribution in [3.8, 4) is 5.75 Å². The number of nitrogens with two attached hydrogens (primary N) is 1. The molecular formula is C13H19NO4. The van der Waals surface area contributed by atoms with Crippen molar-refractivity contribution in [3.63, 3.8) is 0 Å². The SMILES string of the molecule is COCCC(C)OC(=O)c1cc(OC)ccc1N. The molecule has 1 aromatic carbocycles. The smallest absolute Gasteiger partial charge is 0.340 e. The van der Waals surface area contributed by atoms with E-state index >= 15 is 0 Å². The standard InChI is InChI=1S/C13H19NO4/c1-9(6-7-16-2)18-13(15)11-8-10(17-3)4-5-12(11)14/h4-5,8-9H,6-7,14H2,1-3H3. The lowest BCUT2D eigenvalue weighted by Crippen LogP contribution is -2.17. The molecule has 18 heavy (non-hydrogen) atoms. The van der Waals surface area contributed by atoms with Crippen molar-refractivity contribution < 1.29 is 19.0 Å². The van der Waals surface area contributed by atoms with Crippen LogP contribution in [0.15, 0.2) is 18.2 Å². The van der Waals surface area contributed by atoms with Crippen molar-refractivity contribution in [2.45, 2.75) is 19.4 Å². The van der Waals surface area contributed by atoms with Gasteiger partial charge in [0.25, 0.3) is 0 Å². The fourth-order valence-electron chi connectivity index (χ4n) is 1.43. The highest BCUT2D eigenvalue weighted by atomic mass is 16.5. The van der Waals surface area contributed by atoms with Crippen molar-refractivity contribution in [3.05, 3.63) is 23.8 Å². The maximum absolute atomic E-state index is 11.9. The average molecular weight is 253 g/mol. The van der Waals surface area contributed by atoms with E-state index in [2.05, 4.69) is 0 Å². The summed E-state index contributed by atoms with van der Waals surface area (Å²) in [7, 11) is 3.14. The number of hydrogen-bond donors (Lipinski definition) is 1. The van der Waals surface area contributed by atoms with E-state index in [1.807, 2.05) is 6.92 Å². The number of anilines is 1. The Hall–Kier alpha value is -1.75. The van der Waals surface area contributed by atoms with E-state index in [4.69, 9.17) is 19.9 Å². The van der Waals surface area contributed by atoms with Gasteiger partial charge in [0.2, 0.25) is 0 Å². The molecule has 0 heterocycles. The van der Waals surface area contributed by atoms with Crippen LogP contribution >= 0.6 is 0 Å². The fourth-order valence-corrected chi connectivity index (χ4v) is 1.43. The zero-order valence-corrected chi connectivity index (χ0v) is 10.9. The minimum atomic E-state index is -0.449. The molecule has 0 amide bonds. The van der Waals surface area contributed by atoms with Crippen LogP contribution in [-0.4, -0.2) is 32.9 Å². The Morgan fingerprint density at radius 1 is 1.39 bits per heavy atom. The first-order valence-electron chi connectivity index (χ1n) is 5.72. The summed E-state index contributed by atoms with van der Waals surface area (Å²) in [5, 5.41) is 0. The molecule has 100 valence electrons. The third-order valence-corrected chi connectivity index (χ3v) is 2.52. The second-order valence-corrected chi connectivity index (χ2v) is 3.95. The molecule has 0 radical (unpaired) electrons. The first-order chi connectivity index (χ1) is 8.58. The van der Waals surface area contributed by atoms with Crippen molar-refractivity contribution in [2.24, 2.45) is 0 Å². The molecule has 0 aliphatic rings. The number of carbonyl (C=O) groups excluding carboxylic acids is 1. The summed E-state index contributed by atoms with van der Waals surface area (Å²) in [5.74, 6) is 0.121. The Morgan fingerprint density at radius 3 is 2.72 bits per heavy atom. The number of methoxy groups -OCH3 is 2. The molecule has 0 saturated heterocycles. The van der Waals surface area contributed by atoms with E-state index in [-0.39, 0.29) is 6.10 Å². The number of esters is 1. The monoisotopic (exact) mass is 253 g/mol. The summed E-state index contributed by atoms with van der Waals surface area (Å²) in [6.07, 6.45) is 0.426. The lowest BCUT2D eigenvalue weighted by Gasteiger charge is -2.14. The summed E-state index contributed by atoms with van der Waals surface area (Å²) >= 11 is 0. The molecule has 0 aromatic heterocycles. The van der Waals surface area contributed by atoms with Gasteiger partial charge in [-0.2, -0.15) is 0 Å². The van der Waals surface area contributed by atoms with Crippen molar-refractivity contribution in [1.82, 2.24) is 0 Å². The quantitative estimate of drug-likeness (QED) is 0.619. The number of benzene rings is 1. The first kappa shape index (κ1) is 14.3. The number of ether oxygens (including phenoxy) is 3. The number of hydrogen-bond acceptors (Lipinski definition) is 5. The Morgan fingerprint density at radius 2 is 2.11 bits per heavy atom. The van der Waals surface area contributed by atoms with Gasteiger partial charge in [-0.3, -0.25) is 0 Å². The van der Waals surface area contributed by atoms with Gasteiger partial charge in [-0.1, -0.05) is 0 Å². The van der Waals surface area contributed by atoms with E-state index in [1.54, 1.807) is 25.3 Å². The van der Waals surface area contributed by atoms with Crippen molar-refractivity contribution in [2.75, 3.05) is 26.6 Å². The molecule has 0 aliphatic heterocycles. The zero-order chi connectivity index (χ0) is 13.5. The van der Waals surface area contributed by atoms with Gasteiger partial charge in [0.1, 0.15) is 11.9 Å². The average Bonchev–Trinajstić information content (AvgIpc) is 2.36. The molecule has 5 heteroatoms. The molecule has 5 nitrogen and oxygen atoms in total. The molecule has 0 aliphatic carbocycles.